The highest BCUT2D eigenvalue weighted by molar-refractivity contribution is 6.03. The maximum atomic E-state index is 12.2. The van der Waals surface area contributed by atoms with E-state index in [2.05, 4.69) is 15.3 Å². The predicted octanol–water partition coefficient (Wildman–Crippen LogP) is 3.41. The zero-order chi connectivity index (χ0) is 17.6. The van der Waals surface area contributed by atoms with Crippen molar-refractivity contribution in [1.29, 1.82) is 0 Å². The van der Waals surface area contributed by atoms with Crippen molar-refractivity contribution in [1.82, 2.24) is 9.97 Å². The molecule has 0 saturated heterocycles. The zero-order valence-corrected chi connectivity index (χ0v) is 13.9. The number of nitrogens with one attached hydrogen (secondary N) is 1. The van der Waals surface area contributed by atoms with Gasteiger partial charge in [-0.15, -0.1) is 0 Å². The fourth-order valence-corrected chi connectivity index (χ4v) is 2.34. The Bertz CT molecular complexity index is 882. The lowest BCUT2D eigenvalue weighted by atomic mass is 10.1. The first kappa shape index (κ1) is 16.4. The number of methoxy groups -OCH3 is 2. The molecule has 3 rings (SSSR count). The molecule has 0 spiro atoms. The van der Waals surface area contributed by atoms with Crippen molar-refractivity contribution in [3.05, 3.63) is 66.4 Å². The number of hydrogen-bond acceptors (Lipinski definition) is 5. The Morgan fingerprint density at radius 2 is 1.72 bits per heavy atom. The fraction of sp³-hybridized carbons (Fsp3) is 0.105. The first-order valence-electron chi connectivity index (χ1n) is 7.63. The van der Waals surface area contributed by atoms with Gasteiger partial charge in [0.15, 0.2) is 11.5 Å². The van der Waals surface area contributed by atoms with Crippen LogP contribution in [-0.2, 0) is 0 Å². The summed E-state index contributed by atoms with van der Waals surface area (Å²) in [6, 6.07) is 16.2. The number of nitrogens with zero attached hydrogens (tertiary/aromatic N) is 2. The topological polar surface area (TPSA) is 73.3 Å². The summed E-state index contributed by atoms with van der Waals surface area (Å²) in [7, 11) is 3.16. The van der Waals surface area contributed by atoms with Gasteiger partial charge in [-0.25, -0.2) is 9.97 Å². The molecule has 0 aliphatic rings. The minimum absolute atomic E-state index is 0.237. The molecule has 0 unspecified atom stereocenters. The molecule has 0 bridgehead atoms. The van der Waals surface area contributed by atoms with E-state index in [1.165, 1.54) is 0 Å². The molecule has 0 radical (unpaired) electrons. The minimum atomic E-state index is -0.259. The molecule has 3 aromatic rings. The second-order valence-corrected chi connectivity index (χ2v) is 5.16. The van der Waals surface area contributed by atoms with Gasteiger partial charge in [-0.2, -0.15) is 0 Å². The molecule has 126 valence electrons. The van der Waals surface area contributed by atoms with E-state index in [9.17, 15) is 4.79 Å². The number of amides is 1. The second kappa shape index (κ2) is 7.44. The number of rotatable bonds is 5. The molecule has 0 atom stereocenters. The monoisotopic (exact) mass is 335 g/mol. The van der Waals surface area contributed by atoms with E-state index in [0.29, 0.717) is 22.8 Å². The molecule has 25 heavy (non-hydrogen) atoms. The molecular formula is C19H17N3O3. The van der Waals surface area contributed by atoms with E-state index < -0.39 is 0 Å². The molecule has 1 heterocycles. The van der Waals surface area contributed by atoms with E-state index in [1.807, 2.05) is 18.2 Å². The Morgan fingerprint density at radius 3 is 2.44 bits per heavy atom. The highest BCUT2D eigenvalue weighted by Crippen LogP contribution is 2.31. The number of carbonyl (C=O) groups excluding carboxylic acids is 1. The van der Waals surface area contributed by atoms with Crippen LogP contribution in [0.25, 0.3) is 11.3 Å². The van der Waals surface area contributed by atoms with Crippen molar-refractivity contribution < 1.29 is 14.3 Å². The molecule has 6 nitrogen and oxygen atoms in total. The number of ether oxygens (including phenoxy) is 2. The lowest BCUT2D eigenvalue weighted by molar-refractivity contribution is 0.102. The van der Waals surface area contributed by atoms with Crippen molar-refractivity contribution in [3.8, 4) is 22.8 Å². The van der Waals surface area contributed by atoms with Crippen molar-refractivity contribution in [2.75, 3.05) is 19.5 Å². The molecule has 1 amide bonds. The van der Waals surface area contributed by atoms with Crippen LogP contribution in [0.2, 0.25) is 0 Å². The third kappa shape index (κ3) is 3.74. The summed E-state index contributed by atoms with van der Waals surface area (Å²) in [5.41, 5.74) is 2.04. The third-order valence-corrected chi connectivity index (χ3v) is 3.60. The average molecular weight is 335 g/mol. The molecule has 0 fully saturated rings. The van der Waals surface area contributed by atoms with Crippen molar-refractivity contribution >= 4 is 11.9 Å². The summed E-state index contributed by atoms with van der Waals surface area (Å²) in [6.45, 7) is 0. The molecule has 6 heteroatoms. The largest absolute Gasteiger partial charge is 0.493 e. The second-order valence-electron chi connectivity index (χ2n) is 5.16. The normalized spacial score (nSPS) is 10.2. The van der Waals surface area contributed by atoms with Crippen LogP contribution < -0.4 is 14.8 Å². The molecule has 2 aromatic carbocycles. The smallest absolute Gasteiger partial charge is 0.258 e. The van der Waals surface area contributed by atoms with Crippen LogP contribution in [0.3, 0.4) is 0 Å². The summed E-state index contributed by atoms with van der Waals surface area (Å²) < 4.78 is 10.6. The Morgan fingerprint density at radius 1 is 0.960 bits per heavy atom. The first-order valence-corrected chi connectivity index (χ1v) is 7.63. The summed E-state index contributed by atoms with van der Waals surface area (Å²) >= 11 is 0. The number of carbonyl (C=O) groups is 1. The van der Waals surface area contributed by atoms with Crippen molar-refractivity contribution in [2.45, 2.75) is 0 Å². The van der Waals surface area contributed by atoms with Crippen LogP contribution in [0.5, 0.6) is 11.5 Å². The number of anilines is 1. The number of aromatic nitrogens is 2. The van der Waals surface area contributed by atoms with Crippen LogP contribution in [0.4, 0.5) is 5.95 Å². The zero-order valence-electron chi connectivity index (χ0n) is 13.9. The van der Waals surface area contributed by atoms with Crippen LogP contribution in [0, 0.1) is 0 Å². The van der Waals surface area contributed by atoms with Gasteiger partial charge < -0.3 is 9.47 Å². The lowest BCUT2D eigenvalue weighted by Gasteiger charge is -2.10. The van der Waals surface area contributed by atoms with E-state index in [-0.39, 0.29) is 11.9 Å². The van der Waals surface area contributed by atoms with Gasteiger partial charge in [-0.1, -0.05) is 18.2 Å². The lowest BCUT2D eigenvalue weighted by Crippen LogP contribution is -2.14. The summed E-state index contributed by atoms with van der Waals surface area (Å²) in [5.74, 6) is 1.22. The molecule has 1 aromatic heterocycles. The molecule has 0 saturated carbocycles. The van der Waals surface area contributed by atoms with Gasteiger partial charge in [-0.3, -0.25) is 10.1 Å². The molecule has 0 aliphatic carbocycles. The van der Waals surface area contributed by atoms with Gasteiger partial charge in [0.1, 0.15) is 0 Å². The van der Waals surface area contributed by atoms with Gasteiger partial charge in [0.2, 0.25) is 5.95 Å². The average Bonchev–Trinajstić information content (AvgIpc) is 2.68. The highest BCUT2D eigenvalue weighted by atomic mass is 16.5. The van der Waals surface area contributed by atoms with Gasteiger partial charge in [0.05, 0.1) is 19.9 Å². The number of benzene rings is 2. The van der Waals surface area contributed by atoms with E-state index in [1.54, 1.807) is 56.8 Å². The van der Waals surface area contributed by atoms with Crippen LogP contribution in [-0.4, -0.2) is 30.1 Å². The van der Waals surface area contributed by atoms with Crippen molar-refractivity contribution in [3.63, 3.8) is 0 Å². The third-order valence-electron chi connectivity index (χ3n) is 3.60. The van der Waals surface area contributed by atoms with Crippen LogP contribution >= 0.6 is 0 Å². The standard InChI is InChI=1S/C19H17N3O3/c1-24-16-9-8-14(12-17(16)25-2)15-10-11-20-19(21-15)22-18(23)13-6-4-3-5-7-13/h3-12H,1-2H3,(H,20,21,22,23). The van der Waals surface area contributed by atoms with E-state index >= 15 is 0 Å². The number of hydrogen-bond donors (Lipinski definition) is 1. The SMILES string of the molecule is COc1ccc(-c2ccnc(NC(=O)c3ccccc3)n2)cc1OC. The van der Waals surface area contributed by atoms with Gasteiger partial charge in [-0.05, 0) is 36.4 Å². The van der Waals surface area contributed by atoms with Crippen molar-refractivity contribution in [2.24, 2.45) is 0 Å². The Kier molecular flexibility index (Phi) is 4.89. The highest BCUT2D eigenvalue weighted by Gasteiger charge is 2.10. The molecule has 1 N–H and O–H groups in total. The van der Waals surface area contributed by atoms with Crippen LogP contribution in [0.15, 0.2) is 60.8 Å². The van der Waals surface area contributed by atoms with Gasteiger partial charge >= 0.3 is 0 Å². The fourth-order valence-electron chi connectivity index (χ4n) is 2.34. The Hall–Kier alpha value is -3.41. The Balaban J connectivity index is 1.86. The van der Waals surface area contributed by atoms with E-state index in [4.69, 9.17) is 9.47 Å². The summed E-state index contributed by atoms with van der Waals surface area (Å²) in [6.07, 6.45) is 1.60. The Labute approximate surface area is 145 Å². The predicted molar refractivity (Wildman–Crippen MR) is 95.0 cm³/mol. The quantitative estimate of drug-likeness (QED) is 0.773. The van der Waals surface area contributed by atoms with Gasteiger partial charge in [0, 0.05) is 17.3 Å². The molecular weight excluding hydrogens is 318 g/mol. The maximum absolute atomic E-state index is 12.2. The minimum Gasteiger partial charge on any atom is -0.493 e. The van der Waals surface area contributed by atoms with Gasteiger partial charge in [0.25, 0.3) is 5.91 Å². The summed E-state index contributed by atoms with van der Waals surface area (Å²) in [5, 5.41) is 2.70. The van der Waals surface area contributed by atoms with E-state index in [0.717, 1.165) is 5.56 Å². The summed E-state index contributed by atoms with van der Waals surface area (Å²) in [4.78, 5) is 20.7. The molecule has 0 aliphatic heterocycles. The first-order chi connectivity index (χ1) is 12.2. The van der Waals surface area contributed by atoms with Crippen LogP contribution in [0.1, 0.15) is 10.4 Å². The maximum Gasteiger partial charge on any atom is 0.258 e.